The summed E-state index contributed by atoms with van der Waals surface area (Å²) in [6.45, 7) is 4.87. The van der Waals surface area contributed by atoms with E-state index in [0.717, 1.165) is 23.4 Å². The van der Waals surface area contributed by atoms with Crippen LogP contribution in [0.3, 0.4) is 0 Å². The molecule has 7 heteroatoms. The maximum atomic E-state index is 11.8. The zero-order valence-corrected chi connectivity index (χ0v) is 12.5. The van der Waals surface area contributed by atoms with Crippen molar-refractivity contribution in [1.29, 1.82) is 0 Å². The van der Waals surface area contributed by atoms with Crippen LogP contribution in [0.5, 0.6) is 0 Å². The molecule has 1 aliphatic rings. The van der Waals surface area contributed by atoms with Crippen LogP contribution in [0.15, 0.2) is 0 Å². The number of nitrogens with one attached hydrogen (secondary N) is 2. The van der Waals surface area contributed by atoms with E-state index in [1.165, 1.54) is 11.3 Å². The van der Waals surface area contributed by atoms with E-state index < -0.39 is 0 Å². The van der Waals surface area contributed by atoms with Gasteiger partial charge in [0.2, 0.25) is 5.91 Å². The van der Waals surface area contributed by atoms with Crippen LogP contribution in [0.25, 0.3) is 0 Å². The highest BCUT2D eigenvalue weighted by atomic mass is 32.1. The van der Waals surface area contributed by atoms with Gasteiger partial charge in [-0.1, -0.05) is 0 Å². The molecule has 1 atom stereocenters. The number of amides is 1. The zero-order chi connectivity index (χ0) is 14.5. The van der Waals surface area contributed by atoms with Gasteiger partial charge in [0.1, 0.15) is 5.92 Å². The number of hydrogen-bond donors (Lipinski definition) is 2. The SMILES string of the molecule is CCNC(=O)CNc1nc2c(s1)CCC2C(=O)OCC. The summed E-state index contributed by atoms with van der Waals surface area (Å²) >= 11 is 1.51. The molecular weight excluding hydrogens is 278 g/mol. The lowest BCUT2D eigenvalue weighted by Gasteiger charge is -2.08. The lowest BCUT2D eigenvalue weighted by Crippen LogP contribution is -2.29. The first-order chi connectivity index (χ1) is 9.65. The second-order valence-electron chi connectivity index (χ2n) is 4.48. The Morgan fingerprint density at radius 3 is 2.95 bits per heavy atom. The van der Waals surface area contributed by atoms with E-state index in [-0.39, 0.29) is 24.3 Å². The van der Waals surface area contributed by atoms with E-state index in [0.29, 0.717) is 18.3 Å². The van der Waals surface area contributed by atoms with Crippen molar-refractivity contribution in [2.24, 2.45) is 0 Å². The fourth-order valence-electron chi connectivity index (χ4n) is 2.19. The maximum Gasteiger partial charge on any atom is 0.315 e. The molecule has 1 aromatic heterocycles. The summed E-state index contributed by atoms with van der Waals surface area (Å²) in [6.07, 6.45) is 1.61. The summed E-state index contributed by atoms with van der Waals surface area (Å²) in [5.41, 5.74) is 0.812. The van der Waals surface area contributed by atoms with Crippen LogP contribution in [0.2, 0.25) is 0 Å². The lowest BCUT2D eigenvalue weighted by atomic mass is 10.1. The molecular formula is C13H19N3O3S. The van der Waals surface area contributed by atoms with E-state index in [2.05, 4.69) is 15.6 Å². The Kier molecular flexibility index (Phi) is 4.94. The normalized spacial score (nSPS) is 16.6. The molecule has 0 radical (unpaired) electrons. The number of rotatable bonds is 6. The molecule has 0 aromatic carbocycles. The summed E-state index contributed by atoms with van der Waals surface area (Å²) < 4.78 is 5.06. The van der Waals surface area contributed by atoms with Gasteiger partial charge in [-0.2, -0.15) is 0 Å². The third-order valence-corrected chi connectivity index (χ3v) is 4.15. The first-order valence-corrected chi connectivity index (χ1v) is 7.64. The van der Waals surface area contributed by atoms with Crippen molar-refractivity contribution in [2.75, 3.05) is 25.0 Å². The quantitative estimate of drug-likeness (QED) is 0.773. The number of hydrogen-bond acceptors (Lipinski definition) is 6. The number of carbonyl (C=O) groups excluding carboxylic acids is 2. The van der Waals surface area contributed by atoms with Gasteiger partial charge < -0.3 is 15.4 Å². The van der Waals surface area contributed by atoms with Crippen LogP contribution in [-0.2, 0) is 20.7 Å². The van der Waals surface area contributed by atoms with Crippen LogP contribution in [-0.4, -0.2) is 36.6 Å². The van der Waals surface area contributed by atoms with Gasteiger partial charge in [0, 0.05) is 11.4 Å². The van der Waals surface area contributed by atoms with Crippen LogP contribution in [0.1, 0.15) is 36.8 Å². The van der Waals surface area contributed by atoms with E-state index in [1.54, 1.807) is 6.92 Å². The Hall–Kier alpha value is -1.63. The summed E-state index contributed by atoms with van der Waals surface area (Å²) in [5, 5.41) is 6.39. The smallest absolute Gasteiger partial charge is 0.315 e. The van der Waals surface area contributed by atoms with Gasteiger partial charge in [-0.3, -0.25) is 9.59 Å². The van der Waals surface area contributed by atoms with Gasteiger partial charge in [-0.25, -0.2) is 4.98 Å². The number of carbonyl (C=O) groups is 2. The zero-order valence-electron chi connectivity index (χ0n) is 11.7. The second kappa shape index (κ2) is 6.69. The fourth-order valence-corrected chi connectivity index (χ4v) is 3.22. The van der Waals surface area contributed by atoms with Crippen molar-refractivity contribution >= 4 is 28.3 Å². The molecule has 110 valence electrons. The number of aryl methyl sites for hydroxylation is 1. The minimum Gasteiger partial charge on any atom is -0.465 e. The topological polar surface area (TPSA) is 80.3 Å². The second-order valence-corrected chi connectivity index (χ2v) is 5.56. The van der Waals surface area contributed by atoms with Gasteiger partial charge in [0.15, 0.2) is 5.13 Å². The third kappa shape index (κ3) is 3.27. The number of fused-ring (bicyclic) bond motifs is 1. The first kappa shape index (κ1) is 14.8. The van der Waals surface area contributed by atoms with Crippen molar-refractivity contribution in [2.45, 2.75) is 32.6 Å². The molecule has 0 saturated heterocycles. The summed E-state index contributed by atoms with van der Waals surface area (Å²) in [4.78, 5) is 28.8. The predicted octanol–water partition coefficient (Wildman–Crippen LogP) is 1.28. The average molecular weight is 297 g/mol. The molecule has 6 nitrogen and oxygen atoms in total. The molecule has 1 heterocycles. The highest BCUT2D eigenvalue weighted by Crippen LogP contribution is 2.38. The molecule has 0 saturated carbocycles. The molecule has 1 aromatic rings. The van der Waals surface area contributed by atoms with Gasteiger partial charge >= 0.3 is 5.97 Å². The van der Waals surface area contributed by atoms with Crippen LogP contribution in [0.4, 0.5) is 5.13 Å². The lowest BCUT2D eigenvalue weighted by molar-refractivity contribution is -0.145. The van der Waals surface area contributed by atoms with Crippen molar-refractivity contribution in [1.82, 2.24) is 10.3 Å². The number of aromatic nitrogens is 1. The average Bonchev–Trinajstić information content (AvgIpc) is 2.96. The predicted molar refractivity (Wildman–Crippen MR) is 77.0 cm³/mol. The minimum atomic E-state index is -0.249. The third-order valence-electron chi connectivity index (χ3n) is 3.06. The van der Waals surface area contributed by atoms with Crippen LogP contribution < -0.4 is 10.6 Å². The molecule has 0 spiro atoms. The monoisotopic (exact) mass is 297 g/mol. The van der Waals surface area contributed by atoms with Crippen molar-refractivity contribution in [3.05, 3.63) is 10.6 Å². The number of ether oxygens (including phenoxy) is 1. The van der Waals surface area contributed by atoms with E-state index in [4.69, 9.17) is 4.74 Å². The van der Waals surface area contributed by atoms with Gasteiger partial charge in [-0.15, -0.1) is 11.3 Å². The Bertz CT molecular complexity index is 501. The standard InChI is InChI=1S/C13H19N3O3S/c1-3-14-10(17)7-15-13-16-11-8(12(18)19-4-2)5-6-9(11)20-13/h8H,3-7H2,1-2H3,(H,14,17)(H,15,16). The van der Waals surface area contributed by atoms with E-state index in [1.807, 2.05) is 6.92 Å². The van der Waals surface area contributed by atoms with Gasteiger partial charge in [0.05, 0.1) is 18.8 Å². The summed E-state index contributed by atoms with van der Waals surface area (Å²) in [7, 11) is 0. The van der Waals surface area contributed by atoms with Crippen LogP contribution in [0, 0.1) is 0 Å². The summed E-state index contributed by atoms with van der Waals surface area (Å²) in [6, 6.07) is 0. The molecule has 1 amide bonds. The Morgan fingerprint density at radius 1 is 1.45 bits per heavy atom. The number of esters is 1. The molecule has 0 bridgehead atoms. The largest absolute Gasteiger partial charge is 0.465 e. The first-order valence-electron chi connectivity index (χ1n) is 6.82. The molecule has 0 fully saturated rings. The number of likely N-dealkylation sites (N-methyl/N-ethyl adjacent to an activating group) is 1. The highest BCUT2D eigenvalue weighted by molar-refractivity contribution is 7.15. The van der Waals surface area contributed by atoms with Crippen molar-refractivity contribution in [3.8, 4) is 0 Å². The molecule has 1 aliphatic carbocycles. The molecule has 1 unspecified atom stereocenters. The van der Waals surface area contributed by atoms with Gasteiger partial charge in [-0.05, 0) is 26.7 Å². The number of thiazole rings is 1. The Labute approximate surface area is 121 Å². The fraction of sp³-hybridized carbons (Fsp3) is 0.615. The van der Waals surface area contributed by atoms with Crippen LogP contribution >= 0.6 is 11.3 Å². The Morgan fingerprint density at radius 2 is 2.25 bits per heavy atom. The number of anilines is 1. The molecule has 20 heavy (non-hydrogen) atoms. The Balaban J connectivity index is 1.98. The van der Waals surface area contributed by atoms with Gasteiger partial charge in [0.25, 0.3) is 0 Å². The summed E-state index contributed by atoms with van der Waals surface area (Å²) in [5.74, 6) is -0.516. The van der Waals surface area contributed by atoms with E-state index >= 15 is 0 Å². The van der Waals surface area contributed by atoms with Crippen molar-refractivity contribution in [3.63, 3.8) is 0 Å². The molecule has 2 N–H and O–H groups in total. The number of nitrogens with zero attached hydrogens (tertiary/aromatic N) is 1. The van der Waals surface area contributed by atoms with E-state index in [9.17, 15) is 9.59 Å². The highest BCUT2D eigenvalue weighted by Gasteiger charge is 2.33. The maximum absolute atomic E-state index is 11.8. The minimum absolute atomic E-state index is 0.0650. The molecule has 2 rings (SSSR count). The van der Waals surface area contributed by atoms with Crippen molar-refractivity contribution < 1.29 is 14.3 Å². The molecule has 0 aliphatic heterocycles.